The van der Waals surface area contributed by atoms with Gasteiger partial charge in [0.25, 0.3) is 5.91 Å². The maximum absolute atomic E-state index is 12.3. The molecule has 0 aromatic heterocycles. The fraction of sp³-hybridized carbons (Fsp3) is 0.429. The average Bonchev–Trinajstić information content (AvgIpc) is 2.95. The van der Waals surface area contributed by atoms with Crippen LogP contribution in [0.4, 0.5) is 4.79 Å². The van der Waals surface area contributed by atoms with Gasteiger partial charge in [-0.25, -0.2) is 4.79 Å². The molecule has 20 heavy (non-hydrogen) atoms. The van der Waals surface area contributed by atoms with Crippen molar-refractivity contribution < 1.29 is 19.1 Å². The highest BCUT2D eigenvalue weighted by Crippen LogP contribution is 2.28. The van der Waals surface area contributed by atoms with E-state index in [1.54, 1.807) is 14.0 Å². The molecule has 6 nitrogen and oxygen atoms in total. The molecule has 1 unspecified atom stereocenters. The van der Waals surface area contributed by atoms with Crippen LogP contribution in [0.1, 0.15) is 12.5 Å². The molecule has 1 aromatic carbocycles. The van der Waals surface area contributed by atoms with Gasteiger partial charge in [0.15, 0.2) is 0 Å². The number of amides is 3. The van der Waals surface area contributed by atoms with Crippen LogP contribution in [-0.4, -0.2) is 47.7 Å². The Morgan fingerprint density at radius 3 is 2.60 bits per heavy atom. The number of hydrogen-bond donors (Lipinski definition) is 0. The number of rotatable bonds is 3. The van der Waals surface area contributed by atoms with Crippen molar-refractivity contribution >= 4 is 11.9 Å². The van der Waals surface area contributed by atoms with E-state index in [9.17, 15) is 9.59 Å². The molecule has 2 heterocycles. The highest BCUT2D eigenvalue weighted by molar-refractivity contribution is 6.04. The van der Waals surface area contributed by atoms with Gasteiger partial charge in [-0.2, -0.15) is 0 Å². The average molecular weight is 276 g/mol. The van der Waals surface area contributed by atoms with Gasteiger partial charge in [-0.1, -0.05) is 12.1 Å². The van der Waals surface area contributed by atoms with Crippen LogP contribution in [0.5, 0.6) is 5.75 Å². The Kier molecular flexibility index (Phi) is 3.10. The third-order valence-corrected chi connectivity index (χ3v) is 3.73. The number of carbonyl (C=O) groups is 2. The van der Waals surface area contributed by atoms with Crippen molar-refractivity contribution in [3.63, 3.8) is 0 Å². The normalized spacial score (nSPS) is 25.3. The van der Waals surface area contributed by atoms with Crippen LogP contribution in [-0.2, 0) is 16.1 Å². The van der Waals surface area contributed by atoms with Crippen molar-refractivity contribution in [2.45, 2.75) is 25.7 Å². The lowest BCUT2D eigenvalue weighted by molar-refractivity contribution is -0.128. The summed E-state index contributed by atoms with van der Waals surface area (Å²) in [4.78, 5) is 27.3. The number of nitrogens with zero attached hydrogens (tertiary/aromatic N) is 2. The number of ether oxygens (including phenoxy) is 2. The van der Waals surface area contributed by atoms with Crippen molar-refractivity contribution in [1.29, 1.82) is 0 Å². The minimum atomic E-state index is -0.462. The third kappa shape index (κ3) is 1.92. The zero-order valence-electron chi connectivity index (χ0n) is 11.4. The molecule has 0 bridgehead atoms. The number of imide groups is 1. The fourth-order valence-electron chi connectivity index (χ4n) is 2.60. The number of hydrogen-bond acceptors (Lipinski definition) is 4. The van der Waals surface area contributed by atoms with Gasteiger partial charge >= 0.3 is 6.03 Å². The lowest BCUT2D eigenvalue weighted by Gasteiger charge is -2.19. The maximum Gasteiger partial charge on any atom is 0.329 e. The minimum absolute atomic E-state index is 0.185. The molecule has 0 radical (unpaired) electrons. The quantitative estimate of drug-likeness (QED) is 0.778. The van der Waals surface area contributed by atoms with Gasteiger partial charge in [0.2, 0.25) is 0 Å². The highest BCUT2D eigenvalue weighted by Gasteiger charge is 2.51. The van der Waals surface area contributed by atoms with E-state index in [1.165, 1.54) is 9.80 Å². The van der Waals surface area contributed by atoms with E-state index < -0.39 is 6.04 Å². The lowest BCUT2D eigenvalue weighted by Crippen LogP contribution is -2.36. The summed E-state index contributed by atoms with van der Waals surface area (Å²) in [5.74, 6) is 0.561. The molecule has 2 aliphatic heterocycles. The molecule has 3 rings (SSSR count). The third-order valence-electron chi connectivity index (χ3n) is 3.73. The van der Waals surface area contributed by atoms with Crippen LogP contribution in [0.15, 0.2) is 24.3 Å². The summed E-state index contributed by atoms with van der Waals surface area (Å²) in [5.41, 5.74) is 0.891. The Hall–Kier alpha value is -2.08. The second-order valence-corrected chi connectivity index (χ2v) is 4.91. The second-order valence-electron chi connectivity index (χ2n) is 4.91. The van der Waals surface area contributed by atoms with Gasteiger partial charge in [0.1, 0.15) is 18.0 Å². The highest BCUT2D eigenvalue weighted by atomic mass is 16.5. The molecule has 0 N–H and O–H groups in total. The Morgan fingerprint density at radius 1 is 1.30 bits per heavy atom. The summed E-state index contributed by atoms with van der Waals surface area (Å²) in [6.07, 6.45) is -0.336. The zero-order valence-corrected chi connectivity index (χ0v) is 11.4. The van der Waals surface area contributed by atoms with Crippen LogP contribution >= 0.6 is 0 Å². The molecule has 0 saturated carbocycles. The monoisotopic (exact) mass is 276 g/mol. The molecule has 2 fully saturated rings. The van der Waals surface area contributed by atoms with Gasteiger partial charge < -0.3 is 9.47 Å². The van der Waals surface area contributed by atoms with E-state index in [1.807, 2.05) is 24.3 Å². The fourth-order valence-corrected chi connectivity index (χ4v) is 2.60. The summed E-state index contributed by atoms with van der Waals surface area (Å²) < 4.78 is 10.4. The maximum atomic E-state index is 12.3. The number of carbonyl (C=O) groups excluding carboxylic acids is 2. The summed E-state index contributed by atoms with van der Waals surface area (Å²) in [6.45, 7) is 2.34. The van der Waals surface area contributed by atoms with Crippen LogP contribution in [0.25, 0.3) is 0 Å². The molecule has 2 saturated heterocycles. The zero-order chi connectivity index (χ0) is 14.3. The van der Waals surface area contributed by atoms with E-state index in [-0.39, 0.29) is 31.3 Å². The van der Waals surface area contributed by atoms with Crippen LogP contribution in [0.2, 0.25) is 0 Å². The second kappa shape index (κ2) is 4.79. The number of urea groups is 1. The van der Waals surface area contributed by atoms with E-state index in [0.29, 0.717) is 0 Å². The van der Waals surface area contributed by atoms with E-state index in [4.69, 9.17) is 9.47 Å². The molecule has 106 valence electrons. The van der Waals surface area contributed by atoms with Gasteiger partial charge in [0, 0.05) is 0 Å². The van der Waals surface area contributed by atoms with Gasteiger partial charge in [-0.3, -0.25) is 14.6 Å². The Labute approximate surface area is 116 Å². The van der Waals surface area contributed by atoms with Crippen molar-refractivity contribution in [3.8, 4) is 5.75 Å². The van der Waals surface area contributed by atoms with Gasteiger partial charge in [0.05, 0.1) is 20.3 Å². The van der Waals surface area contributed by atoms with E-state index in [2.05, 4.69) is 0 Å². The summed E-state index contributed by atoms with van der Waals surface area (Å²) in [6, 6.07) is 6.59. The van der Waals surface area contributed by atoms with E-state index >= 15 is 0 Å². The standard InChI is InChI=1S/C14H16N2O4/c1-9-16-12(8-20-9)13(17)15(14(16)18)7-10-3-5-11(19-2)6-4-10/h3-6,9,12H,7-8H2,1-2H3/t9?,12-/m1/s1. The largest absolute Gasteiger partial charge is 0.497 e. The topological polar surface area (TPSA) is 59.1 Å². The number of benzene rings is 1. The summed E-state index contributed by atoms with van der Waals surface area (Å²) >= 11 is 0. The Balaban J connectivity index is 1.77. The molecular weight excluding hydrogens is 260 g/mol. The lowest BCUT2D eigenvalue weighted by atomic mass is 10.2. The van der Waals surface area contributed by atoms with Gasteiger partial charge in [-0.05, 0) is 24.6 Å². The SMILES string of the molecule is COc1ccc(CN2C(=O)[C@H]3COC(C)N3C2=O)cc1. The predicted molar refractivity (Wildman–Crippen MR) is 70.0 cm³/mol. The molecule has 0 spiro atoms. The molecule has 3 amide bonds. The van der Waals surface area contributed by atoms with Crippen molar-refractivity contribution in [1.82, 2.24) is 9.80 Å². The van der Waals surface area contributed by atoms with Crippen LogP contribution in [0.3, 0.4) is 0 Å². The number of methoxy groups -OCH3 is 1. The molecule has 2 atom stereocenters. The summed E-state index contributed by atoms with van der Waals surface area (Å²) in [7, 11) is 1.60. The molecular formula is C14H16N2O4. The molecule has 6 heteroatoms. The predicted octanol–water partition coefficient (Wildman–Crippen LogP) is 1.20. The van der Waals surface area contributed by atoms with E-state index in [0.717, 1.165) is 11.3 Å². The first kappa shape index (κ1) is 12.9. The Bertz CT molecular complexity index is 543. The van der Waals surface area contributed by atoms with Crippen molar-refractivity contribution in [3.05, 3.63) is 29.8 Å². The number of fused-ring (bicyclic) bond motifs is 1. The first-order valence-corrected chi connectivity index (χ1v) is 6.50. The minimum Gasteiger partial charge on any atom is -0.497 e. The molecule has 1 aromatic rings. The first-order valence-electron chi connectivity index (χ1n) is 6.50. The van der Waals surface area contributed by atoms with Crippen molar-refractivity contribution in [2.75, 3.05) is 13.7 Å². The first-order chi connectivity index (χ1) is 9.61. The molecule has 0 aliphatic carbocycles. The molecule has 2 aliphatic rings. The smallest absolute Gasteiger partial charge is 0.329 e. The van der Waals surface area contributed by atoms with Crippen molar-refractivity contribution in [2.24, 2.45) is 0 Å². The Morgan fingerprint density at radius 2 is 2.00 bits per heavy atom. The van der Waals surface area contributed by atoms with Crippen LogP contribution < -0.4 is 4.74 Å². The summed E-state index contributed by atoms with van der Waals surface area (Å²) in [5, 5.41) is 0. The van der Waals surface area contributed by atoms with Crippen LogP contribution in [0, 0.1) is 0 Å². The van der Waals surface area contributed by atoms with Gasteiger partial charge in [-0.15, -0.1) is 0 Å².